The molecule has 0 aromatic rings. The lowest BCUT2D eigenvalue weighted by Gasteiger charge is -2.24. The fourth-order valence-electron chi connectivity index (χ4n) is 3.70. The van der Waals surface area contributed by atoms with Gasteiger partial charge < -0.3 is 9.90 Å². The van der Waals surface area contributed by atoms with E-state index in [1.807, 2.05) is 0 Å². The Kier molecular flexibility index (Phi) is 5.43. The van der Waals surface area contributed by atoms with Gasteiger partial charge in [0, 0.05) is 18.7 Å². The van der Waals surface area contributed by atoms with E-state index in [2.05, 4.69) is 24.5 Å². The molecule has 1 aliphatic carbocycles. The molecule has 2 aliphatic rings. The molecule has 0 aromatic carbocycles. The van der Waals surface area contributed by atoms with E-state index in [1.54, 1.807) is 0 Å². The summed E-state index contributed by atoms with van der Waals surface area (Å²) < 4.78 is 0. The average molecular weight is 298 g/mol. The molecule has 20 heavy (non-hydrogen) atoms. The zero-order valence-corrected chi connectivity index (χ0v) is 14.4. The zero-order chi connectivity index (χ0) is 14.8. The Morgan fingerprint density at radius 2 is 1.80 bits per heavy atom. The quantitative estimate of drug-likeness (QED) is 0.446. The van der Waals surface area contributed by atoms with E-state index in [4.69, 9.17) is 5.11 Å². The molecule has 1 saturated heterocycles. The molecule has 1 unspecified atom stereocenters. The second-order valence-corrected chi connectivity index (χ2v) is 12.6. The van der Waals surface area contributed by atoms with Gasteiger partial charge in [-0.25, -0.2) is 0 Å². The van der Waals surface area contributed by atoms with Gasteiger partial charge in [-0.05, 0) is 32.1 Å². The number of nitrogens with zero attached hydrogens (tertiary/aromatic N) is 1. The first kappa shape index (κ1) is 16.2. The minimum atomic E-state index is -1.69. The first-order valence-corrected chi connectivity index (χ1v) is 11.9. The molecule has 116 valence electrons. The Morgan fingerprint density at radius 1 is 1.15 bits per heavy atom. The molecule has 0 aromatic heterocycles. The smallest absolute Gasteiger partial charge is 0.129 e. The molecule has 1 aliphatic heterocycles. The van der Waals surface area contributed by atoms with Gasteiger partial charge in [-0.3, -0.25) is 4.90 Å². The van der Waals surface area contributed by atoms with Crippen molar-refractivity contribution in [2.24, 2.45) is 0 Å². The summed E-state index contributed by atoms with van der Waals surface area (Å²) >= 11 is 0. The van der Waals surface area contributed by atoms with Crippen molar-refractivity contribution in [2.45, 2.75) is 89.1 Å². The molecule has 3 atom stereocenters. The van der Waals surface area contributed by atoms with Crippen LogP contribution in [0.15, 0.2) is 0 Å². The number of hydrogen-bond donors (Lipinski definition) is 1. The summed E-state index contributed by atoms with van der Waals surface area (Å²) in [5.41, 5.74) is 0. The first-order chi connectivity index (χ1) is 9.46. The molecule has 1 N–H and O–H groups in total. The Bertz CT molecular complexity index is 334. The lowest BCUT2D eigenvalue weighted by Crippen LogP contribution is -2.40. The zero-order valence-electron chi connectivity index (χ0n) is 13.4. The van der Waals surface area contributed by atoms with Gasteiger partial charge in [0.2, 0.25) is 0 Å². The van der Waals surface area contributed by atoms with Crippen molar-refractivity contribution in [3.8, 4) is 0 Å². The van der Waals surface area contributed by atoms with Crippen LogP contribution in [0, 0.1) is 0 Å². The first-order valence-electron chi connectivity index (χ1n) is 8.39. The molecule has 3 nitrogen and oxygen atoms in total. The predicted molar refractivity (Wildman–Crippen MR) is 85.6 cm³/mol. The number of aliphatic hydroxyl groups excluding tert-OH is 1. The number of carbonyl (C=O) groups is 1. The van der Waals surface area contributed by atoms with E-state index in [0.717, 1.165) is 19.3 Å². The molecule has 2 fully saturated rings. The Labute approximate surface area is 124 Å². The van der Waals surface area contributed by atoms with Crippen LogP contribution in [-0.4, -0.2) is 48.2 Å². The van der Waals surface area contributed by atoms with Gasteiger partial charge in [-0.2, -0.15) is 0 Å². The minimum Gasteiger partial charge on any atom is -0.396 e. The van der Waals surface area contributed by atoms with E-state index in [9.17, 15) is 4.79 Å². The van der Waals surface area contributed by atoms with E-state index in [1.165, 1.54) is 32.1 Å². The fraction of sp³-hybridized carbons (Fsp3) is 0.938. The van der Waals surface area contributed by atoms with Crippen molar-refractivity contribution in [3.05, 3.63) is 0 Å². The van der Waals surface area contributed by atoms with Gasteiger partial charge >= 0.3 is 0 Å². The molecule has 1 saturated carbocycles. The number of hydrogen-bond acceptors (Lipinski definition) is 3. The van der Waals surface area contributed by atoms with Crippen molar-refractivity contribution in [1.82, 2.24) is 4.90 Å². The van der Waals surface area contributed by atoms with Crippen molar-refractivity contribution >= 4 is 13.5 Å². The maximum absolute atomic E-state index is 12.7. The SMILES string of the molecule is C[Si](C)(C)C(=O)[C@H]1[C@@H](CCCCO)N1C1CCCCC1. The largest absolute Gasteiger partial charge is 0.396 e. The molecule has 0 bridgehead atoms. The number of carbonyl (C=O) groups excluding carboxylic acids is 1. The highest BCUT2D eigenvalue weighted by molar-refractivity contribution is 7.04. The van der Waals surface area contributed by atoms with Crippen molar-refractivity contribution in [3.63, 3.8) is 0 Å². The summed E-state index contributed by atoms with van der Waals surface area (Å²) in [6.07, 6.45) is 9.63. The molecule has 0 spiro atoms. The summed E-state index contributed by atoms with van der Waals surface area (Å²) in [5, 5.41) is 9.50. The van der Waals surface area contributed by atoms with E-state index in [-0.39, 0.29) is 12.6 Å². The Hall–Kier alpha value is -0.193. The summed E-state index contributed by atoms with van der Waals surface area (Å²) in [6, 6.07) is 1.38. The van der Waals surface area contributed by atoms with Gasteiger partial charge in [0.25, 0.3) is 0 Å². The van der Waals surface area contributed by atoms with Crippen LogP contribution in [-0.2, 0) is 4.79 Å². The van der Waals surface area contributed by atoms with E-state index in [0.29, 0.717) is 17.5 Å². The second kappa shape index (κ2) is 6.71. The summed E-state index contributed by atoms with van der Waals surface area (Å²) in [7, 11) is -1.69. The maximum atomic E-state index is 12.7. The fourth-order valence-corrected chi connectivity index (χ4v) is 4.93. The van der Waals surface area contributed by atoms with Gasteiger partial charge in [0.1, 0.15) is 13.5 Å². The van der Waals surface area contributed by atoms with Crippen LogP contribution in [0.5, 0.6) is 0 Å². The molecule has 2 rings (SSSR count). The van der Waals surface area contributed by atoms with E-state index >= 15 is 0 Å². The molecule has 1 heterocycles. The molecule has 0 amide bonds. The highest BCUT2D eigenvalue weighted by Crippen LogP contribution is 2.41. The summed E-state index contributed by atoms with van der Waals surface area (Å²) in [6.45, 7) is 6.81. The Morgan fingerprint density at radius 3 is 2.35 bits per heavy atom. The topological polar surface area (TPSA) is 40.3 Å². The van der Waals surface area contributed by atoms with Crippen LogP contribution in [0.25, 0.3) is 0 Å². The summed E-state index contributed by atoms with van der Waals surface area (Å²) in [5.74, 6) is 0. The van der Waals surface area contributed by atoms with Crippen molar-refractivity contribution in [1.29, 1.82) is 0 Å². The number of aliphatic hydroxyl groups is 1. The molecular weight excluding hydrogens is 266 g/mol. The second-order valence-electron chi connectivity index (χ2n) is 7.58. The standard InChI is InChI=1S/C16H31NO2Si/c1-20(2,3)16(19)15-14(11-7-8-12-18)17(15)13-9-5-4-6-10-13/h13-15,18H,4-12H2,1-3H3/t14-,15-,17?/m1/s1. The number of unbranched alkanes of at least 4 members (excludes halogenated alkanes) is 1. The third-order valence-corrected chi connectivity index (χ3v) is 6.67. The van der Waals surface area contributed by atoms with Crippen molar-refractivity contribution in [2.75, 3.05) is 6.61 Å². The molecule has 4 heteroatoms. The molecular formula is C16H31NO2Si. The van der Waals surface area contributed by atoms with Crippen molar-refractivity contribution < 1.29 is 9.90 Å². The highest BCUT2D eigenvalue weighted by atomic mass is 28.3. The lowest BCUT2D eigenvalue weighted by molar-refractivity contribution is -0.113. The highest BCUT2D eigenvalue weighted by Gasteiger charge is 2.56. The van der Waals surface area contributed by atoms with Crippen LogP contribution >= 0.6 is 0 Å². The molecule has 0 radical (unpaired) electrons. The van der Waals surface area contributed by atoms with Gasteiger partial charge in [-0.15, -0.1) is 0 Å². The predicted octanol–water partition coefficient (Wildman–Crippen LogP) is 2.98. The van der Waals surface area contributed by atoms with Crippen LogP contribution in [0.3, 0.4) is 0 Å². The average Bonchev–Trinajstić information content (AvgIpc) is 3.12. The van der Waals surface area contributed by atoms with Gasteiger partial charge in [0.15, 0.2) is 0 Å². The Balaban J connectivity index is 1.97. The third kappa shape index (κ3) is 3.71. The van der Waals surface area contributed by atoms with Crippen LogP contribution in [0.1, 0.15) is 51.4 Å². The van der Waals surface area contributed by atoms with Crippen LogP contribution in [0.4, 0.5) is 0 Å². The minimum absolute atomic E-state index is 0.225. The van der Waals surface area contributed by atoms with Crippen LogP contribution in [0.2, 0.25) is 19.6 Å². The maximum Gasteiger partial charge on any atom is 0.129 e. The third-order valence-electron chi connectivity index (χ3n) is 4.89. The van der Waals surface area contributed by atoms with Crippen LogP contribution < -0.4 is 0 Å². The number of rotatable bonds is 7. The summed E-state index contributed by atoms with van der Waals surface area (Å²) in [4.78, 5) is 15.2. The van der Waals surface area contributed by atoms with Gasteiger partial charge in [-0.1, -0.05) is 38.9 Å². The monoisotopic (exact) mass is 297 g/mol. The van der Waals surface area contributed by atoms with E-state index < -0.39 is 8.07 Å². The lowest BCUT2D eigenvalue weighted by atomic mass is 9.95. The normalized spacial score (nSPS) is 31.3. The van der Waals surface area contributed by atoms with Gasteiger partial charge in [0.05, 0.1) is 6.04 Å².